The van der Waals surface area contributed by atoms with E-state index in [1.54, 1.807) is 18.5 Å². The second kappa shape index (κ2) is 7.35. The van der Waals surface area contributed by atoms with Gasteiger partial charge in [-0.1, -0.05) is 35.5 Å². The van der Waals surface area contributed by atoms with Crippen molar-refractivity contribution in [3.8, 4) is 11.1 Å². The zero-order chi connectivity index (χ0) is 22.6. The van der Waals surface area contributed by atoms with Gasteiger partial charge in [0.25, 0.3) is 0 Å². The van der Waals surface area contributed by atoms with Gasteiger partial charge in [-0.25, -0.2) is 15.0 Å². The van der Waals surface area contributed by atoms with Crippen LogP contribution in [0, 0.1) is 13.8 Å². The van der Waals surface area contributed by atoms with E-state index in [1.807, 2.05) is 50.2 Å². The lowest BCUT2D eigenvalue weighted by molar-refractivity contribution is 0.117. The molecule has 5 aromatic rings. The zero-order valence-electron chi connectivity index (χ0n) is 18.4. The minimum Gasteiger partial charge on any atom is -0.373 e. The van der Waals surface area contributed by atoms with Crippen molar-refractivity contribution in [2.24, 2.45) is 0 Å². The van der Waals surface area contributed by atoms with Crippen molar-refractivity contribution in [1.82, 2.24) is 25.1 Å². The van der Waals surface area contributed by atoms with E-state index in [0.717, 1.165) is 46.8 Å². The maximum Gasteiger partial charge on any atom is 0.177 e. The first-order chi connectivity index (χ1) is 16.1. The maximum absolute atomic E-state index is 12.4. The predicted octanol–water partition coefficient (Wildman–Crippen LogP) is 4.79. The standard InChI is InChI=1S/C26H23N5O2/c1-15-22(16(2)33-31-15)18-13-20(23-21(14-18)29-24(30-23)17-9-10-17)26(32,19-7-4-3-5-8-19)25-27-11-6-12-28-25/h3-8,11-14,17,32H,9-10H2,1-2H3,(H,29,30). The van der Waals surface area contributed by atoms with E-state index >= 15 is 0 Å². The van der Waals surface area contributed by atoms with Crippen LogP contribution in [0.1, 0.15) is 53.0 Å². The van der Waals surface area contributed by atoms with Crippen molar-refractivity contribution >= 4 is 11.0 Å². The molecule has 0 amide bonds. The Morgan fingerprint density at radius 1 is 1.03 bits per heavy atom. The highest BCUT2D eigenvalue weighted by Gasteiger charge is 2.40. The second-order valence-electron chi connectivity index (χ2n) is 8.66. The summed E-state index contributed by atoms with van der Waals surface area (Å²) in [4.78, 5) is 17.4. The van der Waals surface area contributed by atoms with Crippen LogP contribution in [0.15, 0.2) is 65.4 Å². The Morgan fingerprint density at radius 3 is 2.45 bits per heavy atom. The number of hydrogen-bond donors (Lipinski definition) is 2. The number of benzene rings is 2. The van der Waals surface area contributed by atoms with Gasteiger partial charge in [0.15, 0.2) is 11.4 Å². The van der Waals surface area contributed by atoms with E-state index in [9.17, 15) is 5.11 Å². The molecule has 7 heteroatoms. The van der Waals surface area contributed by atoms with E-state index in [4.69, 9.17) is 9.51 Å². The smallest absolute Gasteiger partial charge is 0.177 e. The van der Waals surface area contributed by atoms with E-state index < -0.39 is 5.60 Å². The lowest BCUT2D eigenvalue weighted by atomic mass is 9.83. The molecule has 1 aliphatic carbocycles. The SMILES string of the molecule is Cc1noc(C)c1-c1cc(C(O)(c2ccccc2)c2ncccn2)c2nc(C3CC3)[nH]c2c1. The average Bonchev–Trinajstić information content (AvgIpc) is 3.53. The first kappa shape index (κ1) is 19.8. The molecule has 3 aromatic heterocycles. The number of aromatic nitrogens is 5. The van der Waals surface area contributed by atoms with Crippen molar-refractivity contribution in [2.75, 3.05) is 0 Å². The summed E-state index contributed by atoms with van der Waals surface area (Å²) >= 11 is 0. The molecule has 33 heavy (non-hydrogen) atoms. The first-order valence-corrected chi connectivity index (χ1v) is 11.1. The van der Waals surface area contributed by atoms with Crippen molar-refractivity contribution in [3.05, 3.63) is 95.2 Å². The minimum atomic E-state index is -1.61. The summed E-state index contributed by atoms with van der Waals surface area (Å²) in [5.41, 5.74) is 3.85. The van der Waals surface area contributed by atoms with E-state index in [2.05, 4.69) is 26.2 Å². The van der Waals surface area contributed by atoms with Crippen molar-refractivity contribution < 1.29 is 9.63 Å². The van der Waals surface area contributed by atoms with Crippen LogP contribution in [-0.4, -0.2) is 30.2 Å². The molecule has 1 saturated carbocycles. The molecule has 1 unspecified atom stereocenters. The quantitative estimate of drug-likeness (QED) is 0.410. The molecule has 6 rings (SSSR count). The zero-order valence-corrected chi connectivity index (χ0v) is 18.4. The minimum absolute atomic E-state index is 0.296. The Hall–Kier alpha value is -3.84. The topological polar surface area (TPSA) is 101 Å². The number of imidazole rings is 1. The average molecular weight is 438 g/mol. The van der Waals surface area contributed by atoms with Crippen LogP contribution in [0.25, 0.3) is 22.2 Å². The number of H-pyrrole nitrogens is 1. The maximum atomic E-state index is 12.4. The summed E-state index contributed by atoms with van der Waals surface area (Å²) in [5, 5.41) is 16.6. The Morgan fingerprint density at radius 2 is 1.79 bits per heavy atom. The normalized spacial score (nSPS) is 15.6. The van der Waals surface area contributed by atoms with Gasteiger partial charge in [-0.2, -0.15) is 0 Å². The molecule has 2 aromatic carbocycles. The monoisotopic (exact) mass is 437 g/mol. The largest absolute Gasteiger partial charge is 0.373 e. The van der Waals surface area contributed by atoms with Crippen LogP contribution in [-0.2, 0) is 5.60 Å². The van der Waals surface area contributed by atoms with E-state index in [1.165, 1.54) is 0 Å². The number of rotatable bonds is 5. The van der Waals surface area contributed by atoms with Crippen LogP contribution < -0.4 is 0 Å². The molecule has 0 aliphatic heterocycles. The highest BCUT2D eigenvalue weighted by Crippen LogP contribution is 2.44. The third kappa shape index (κ3) is 3.15. The molecular weight excluding hydrogens is 414 g/mol. The third-order valence-electron chi connectivity index (χ3n) is 6.36. The van der Waals surface area contributed by atoms with Crippen LogP contribution in [0.2, 0.25) is 0 Å². The van der Waals surface area contributed by atoms with Crippen LogP contribution in [0.4, 0.5) is 0 Å². The Bertz CT molecular complexity index is 1390. The molecular formula is C26H23N5O2. The van der Waals surface area contributed by atoms with Crippen LogP contribution in [0.3, 0.4) is 0 Å². The fourth-order valence-corrected chi connectivity index (χ4v) is 4.57. The Balaban J connectivity index is 1.70. The summed E-state index contributed by atoms with van der Waals surface area (Å²) in [6.45, 7) is 3.81. The summed E-state index contributed by atoms with van der Waals surface area (Å²) in [6.07, 6.45) is 5.53. The molecule has 3 heterocycles. The molecule has 1 fully saturated rings. The first-order valence-electron chi connectivity index (χ1n) is 11.1. The molecule has 164 valence electrons. The number of aliphatic hydroxyl groups is 1. The van der Waals surface area contributed by atoms with E-state index in [-0.39, 0.29) is 0 Å². The number of hydrogen-bond acceptors (Lipinski definition) is 6. The van der Waals surface area contributed by atoms with Crippen LogP contribution >= 0.6 is 0 Å². The summed E-state index contributed by atoms with van der Waals surface area (Å²) in [7, 11) is 0. The number of nitrogens with zero attached hydrogens (tertiary/aromatic N) is 4. The van der Waals surface area contributed by atoms with Gasteiger partial charge in [0, 0.05) is 29.4 Å². The van der Waals surface area contributed by atoms with Crippen molar-refractivity contribution in [2.45, 2.75) is 38.2 Å². The van der Waals surface area contributed by atoms with Gasteiger partial charge >= 0.3 is 0 Å². The highest BCUT2D eigenvalue weighted by atomic mass is 16.5. The van der Waals surface area contributed by atoms with Crippen LogP contribution in [0.5, 0.6) is 0 Å². The fourth-order valence-electron chi connectivity index (χ4n) is 4.57. The summed E-state index contributed by atoms with van der Waals surface area (Å²) in [6, 6.07) is 15.3. The van der Waals surface area contributed by atoms with E-state index in [0.29, 0.717) is 28.4 Å². The molecule has 1 atom stereocenters. The molecule has 2 N–H and O–H groups in total. The summed E-state index contributed by atoms with van der Waals surface area (Å²) in [5.74, 6) is 2.40. The number of fused-ring (bicyclic) bond motifs is 1. The Labute approximate surface area is 190 Å². The second-order valence-corrected chi connectivity index (χ2v) is 8.66. The van der Waals surface area contributed by atoms with Crippen molar-refractivity contribution in [3.63, 3.8) is 0 Å². The molecule has 1 aliphatic rings. The highest BCUT2D eigenvalue weighted by molar-refractivity contribution is 5.88. The fraction of sp³-hybridized carbons (Fsp3) is 0.231. The molecule has 0 saturated heterocycles. The number of aryl methyl sites for hydroxylation is 2. The van der Waals surface area contributed by atoms with Gasteiger partial charge < -0.3 is 14.6 Å². The van der Waals surface area contributed by atoms with Gasteiger partial charge in [-0.05, 0) is 56.0 Å². The van der Waals surface area contributed by atoms with Gasteiger partial charge in [0.05, 0.1) is 16.7 Å². The van der Waals surface area contributed by atoms with Crippen molar-refractivity contribution in [1.29, 1.82) is 0 Å². The van der Waals surface area contributed by atoms with Gasteiger partial charge in [-0.3, -0.25) is 0 Å². The molecule has 0 radical (unpaired) electrons. The molecule has 0 spiro atoms. The number of aromatic amines is 1. The van der Waals surface area contributed by atoms with Gasteiger partial charge in [-0.15, -0.1) is 0 Å². The number of nitrogens with one attached hydrogen (secondary N) is 1. The van der Waals surface area contributed by atoms with Gasteiger partial charge in [0.1, 0.15) is 11.6 Å². The predicted molar refractivity (Wildman–Crippen MR) is 124 cm³/mol. The third-order valence-corrected chi connectivity index (χ3v) is 6.36. The molecule has 0 bridgehead atoms. The Kier molecular flexibility index (Phi) is 4.41. The summed E-state index contributed by atoms with van der Waals surface area (Å²) < 4.78 is 5.45. The van der Waals surface area contributed by atoms with Gasteiger partial charge in [0.2, 0.25) is 0 Å². The lowest BCUT2D eigenvalue weighted by Crippen LogP contribution is -2.31. The lowest BCUT2D eigenvalue weighted by Gasteiger charge is -2.28. The molecule has 7 nitrogen and oxygen atoms in total.